The zero-order valence-corrected chi connectivity index (χ0v) is 23.5. The van der Waals surface area contributed by atoms with E-state index < -0.39 is 17.8 Å². The van der Waals surface area contributed by atoms with Crippen molar-refractivity contribution in [2.75, 3.05) is 11.5 Å². The fraction of sp³-hybridized carbons (Fsp3) is 0.121. The van der Waals surface area contributed by atoms with Crippen LogP contribution in [0.25, 0.3) is 6.08 Å². The maximum absolute atomic E-state index is 13.3. The molecule has 212 valence electrons. The molecular formula is C33H27ClN2O6. The van der Waals surface area contributed by atoms with Crippen molar-refractivity contribution >= 4 is 41.2 Å². The number of hydrogen-bond donors (Lipinski definition) is 1. The maximum atomic E-state index is 13.3. The van der Waals surface area contributed by atoms with E-state index in [4.69, 9.17) is 25.8 Å². The average molecular weight is 583 g/mol. The minimum atomic E-state index is -0.822. The van der Waals surface area contributed by atoms with Gasteiger partial charge in [0.25, 0.3) is 11.8 Å². The SMILES string of the molecule is CCOc1cc(COc2ccc(Cl)cc2/C=C2/C(=O)NC(=O)N(c3ccccc3)C2=O)ccc1OCc1ccccc1. The number of para-hydroxylation sites is 1. The Bertz CT molecular complexity index is 1640. The van der Waals surface area contributed by atoms with Gasteiger partial charge in [-0.3, -0.25) is 14.9 Å². The van der Waals surface area contributed by atoms with Gasteiger partial charge in [0, 0.05) is 10.6 Å². The molecule has 0 aliphatic carbocycles. The lowest BCUT2D eigenvalue weighted by Crippen LogP contribution is -2.54. The minimum absolute atomic E-state index is 0.158. The highest BCUT2D eigenvalue weighted by atomic mass is 35.5. The third-order valence-corrected chi connectivity index (χ3v) is 6.56. The summed E-state index contributed by atoms with van der Waals surface area (Å²) in [5, 5.41) is 2.61. The number of hydrogen-bond acceptors (Lipinski definition) is 6. The molecular weight excluding hydrogens is 556 g/mol. The van der Waals surface area contributed by atoms with Crippen LogP contribution < -0.4 is 24.4 Å². The second-order valence-electron chi connectivity index (χ2n) is 9.25. The number of ether oxygens (including phenoxy) is 3. The van der Waals surface area contributed by atoms with E-state index in [2.05, 4.69) is 5.32 Å². The van der Waals surface area contributed by atoms with Gasteiger partial charge in [-0.25, -0.2) is 9.69 Å². The number of halogens is 1. The normalized spacial score (nSPS) is 14.1. The van der Waals surface area contributed by atoms with Gasteiger partial charge in [0.1, 0.15) is 24.5 Å². The summed E-state index contributed by atoms with van der Waals surface area (Å²) in [7, 11) is 0. The summed E-state index contributed by atoms with van der Waals surface area (Å²) in [6.45, 7) is 2.91. The Morgan fingerprint density at radius 2 is 1.40 bits per heavy atom. The van der Waals surface area contributed by atoms with Crippen LogP contribution in [0.3, 0.4) is 0 Å². The molecule has 0 aromatic heterocycles. The molecule has 4 aromatic carbocycles. The molecule has 8 nitrogen and oxygen atoms in total. The molecule has 5 rings (SSSR count). The predicted octanol–water partition coefficient (Wildman–Crippen LogP) is 6.56. The molecule has 42 heavy (non-hydrogen) atoms. The largest absolute Gasteiger partial charge is 0.490 e. The van der Waals surface area contributed by atoms with E-state index in [-0.39, 0.29) is 12.2 Å². The lowest BCUT2D eigenvalue weighted by molar-refractivity contribution is -0.122. The lowest BCUT2D eigenvalue weighted by Gasteiger charge is -2.26. The first kappa shape index (κ1) is 28.4. The summed E-state index contributed by atoms with van der Waals surface area (Å²) in [5.41, 5.74) is 2.35. The molecule has 1 heterocycles. The van der Waals surface area contributed by atoms with Crippen molar-refractivity contribution in [1.82, 2.24) is 5.32 Å². The molecule has 4 amide bonds. The molecule has 1 saturated heterocycles. The molecule has 0 spiro atoms. The summed E-state index contributed by atoms with van der Waals surface area (Å²) < 4.78 is 17.9. The van der Waals surface area contributed by atoms with E-state index in [0.717, 1.165) is 16.0 Å². The van der Waals surface area contributed by atoms with Crippen LogP contribution in [0.4, 0.5) is 10.5 Å². The first-order valence-electron chi connectivity index (χ1n) is 13.2. The summed E-state index contributed by atoms with van der Waals surface area (Å²) in [5.74, 6) is 0.0192. The molecule has 1 aliphatic rings. The van der Waals surface area contributed by atoms with Crippen LogP contribution in [0.1, 0.15) is 23.6 Å². The number of rotatable bonds is 10. The quantitative estimate of drug-likeness (QED) is 0.168. The fourth-order valence-electron chi connectivity index (χ4n) is 4.31. The van der Waals surface area contributed by atoms with Gasteiger partial charge in [-0.05, 0) is 66.6 Å². The third kappa shape index (κ3) is 6.62. The Kier molecular flexibility index (Phi) is 8.84. The minimum Gasteiger partial charge on any atom is -0.490 e. The number of benzene rings is 4. The number of urea groups is 1. The summed E-state index contributed by atoms with van der Waals surface area (Å²) >= 11 is 6.25. The van der Waals surface area contributed by atoms with Crippen molar-refractivity contribution in [3.63, 3.8) is 0 Å². The van der Waals surface area contributed by atoms with Gasteiger partial charge in [-0.15, -0.1) is 0 Å². The molecule has 4 aromatic rings. The second kappa shape index (κ2) is 13.1. The van der Waals surface area contributed by atoms with E-state index >= 15 is 0 Å². The van der Waals surface area contributed by atoms with E-state index in [0.29, 0.717) is 46.7 Å². The Hall–Kier alpha value is -5.08. The molecule has 0 radical (unpaired) electrons. The van der Waals surface area contributed by atoms with Gasteiger partial charge in [-0.1, -0.05) is 66.2 Å². The van der Waals surface area contributed by atoms with Crippen LogP contribution in [-0.2, 0) is 22.8 Å². The predicted molar refractivity (Wildman–Crippen MR) is 160 cm³/mol. The van der Waals surface area contributed by atoms with Gasteiger partial charge >= 0.3 is 6.03 Å². The molecule has 0 atom stereocenters. The zero-order chi connectivity index (χ0) is 29.5. The Morgan fingerprint density at radius 1 is 0.738 bits per heavy atom. The van der Waals surface area contributed by atoms with Gasteiger partial charge in [0.2, 0.25) is 0 Å². The highest BCUT2D eigenvalue weighted by Gasteiger charge is 2.36. The number of carbonyl (C=O) groups excluding carboxylic acids is 3. The van der Waals surface area contributed by atoms with Gasteiger partial charge in [0.15, 0.2) is 11.5 Å². The van der Waals surface area contributed by atoms with E-state index in [1.54, 1.807) is 48.5 Å². The van der Waals surface area contributed by atoms with Crippen LogP contribution in [-0.4, -0.2) is 24.5 Å². The summed E-state index contributed by atoms with van der Waals surface area (Å²) in [6, 6.07) is 27.8. The van der Waals surface area contributed by atoms with Crippen LogP contribution >= 0.6 is 11.6 Å². The number of amides is 4. The van der Waals surface area contributed by atoms with Gasteiger partial charge in [0.05, 0.1) is 12.3 Å². The molecule has 1 N–H and O–H groups in total. The number of imide groups is 2. The number of carbonyl (C=O) groups is 3. The Morgan fingerprint density at radius 3 is 2.14 bits per heavy atom. The molecule has 9 heteroatoms. The van der Waals surface area contributed by atoms with Crippen LogP contribution in [0.15, 0.2) is 103 Å². The number of nitrogens with one attached hydrogen (secondary N) is 1. The monoisotopic (exact) mass is 582 g/mol. The van der Waals surface area contributed by atoms with Crippen molar-refractivity contribution in [3.05, 3.63) is 124 Å². The summed E-state index contributed by atoms with van der Waals surface area (Å²) in [6.07, 6.45) is 1.37. The molecule has 0 bridgehead atoms. The maximum Gasteiger partial charge on any atom is 0.335 e. The third-order valence-electron chi connectivity index (χ3n) is 6.33. The molecule has 1 aliphatic heterocycles. The number of barbiturate groups is 1. The van der Waals surface area contributed by atoms with Gasteiger partial charge < -0.3 is 14.2 Å². The summed E-state index contributed by atoms with van der Waals surface area (Å²) in [4.78, 5) is 39.4. The smallest absolute Gasteiger partial charge is 0.335 e. The van der Waals surface area contributed by atoms with E-state index in [1.807, 2.05) is 55.5 Å². The van der Waals surface area contributed by atoms with E-state index in [9.17, 15) is 14.4 Å². The number of anilines is 1. The first-order chi connectivity index (χ1) is 20.4. The first-order valence-corrected chi connectivity index (χ1v) is 13.6. The van der Waals surface area contributed by atoms with Crippen molar-refractivity contribution in [3.8, 4) is 17.2 Å². The highest BCUT2D eigenvalue weighted by molar-refractivity contribution is 6.39. The molecule has 0 saturated carbocycles. The highest BCUT2D eigenvalue weighted by Crippen LogP contribution is 2.32. The standard InChI is InChI=1S/C33H27ClN2O6/c1-2-40-30-17-23(13-15-29(30)42-20-22-9-5-3-6-10-22)21-41-28-16-14-25(34)18-24(28)19-27-31(37)35-33(39)36(32(27)38)26-11-7-4-8-12-26/h3-19H,2,20-21H2,1H3,(H,35,37,39)/b27-19-. The lowest BCUT2D eigenvalue weighted by atomic mass is 10.1. The average Bonchev–Trinajstić information content (AvgIpc) is 2.99. The van der Waals surface area contributed by atoms with Crippen LogP contribution in [0.5, 0.6) is 17.2 Å². The van der Waals surface area contributed by atoms with Crippen LogP contribution in [0.2, 0.25) is 5.02 Å². The topological polar surface area (TPSA) is 94.2 Å². The van der Waals surface area contributed by atoms with Crippen molar-refractivity contribution < 1.29 is 28.6 Å². The van der Waals surface area contributed by atoms with Crippen LogP contribution in [0, 0.1) is 0 Å². The molecule has 1 fully saturated rings. The van der Waals surface area contributed by atoms with Crippen molar-refractivity contribution in [2.24, 2.45) is 0 Å². The number of nitrogens with zero attached hydrogens (tertiary/aromatic N) is 1. The van der Waals surface area contributed by atoms with E-state index in [1.165, 1.54) is 6.08 Å². The second-order valence-corrected chi connectivity index (χ2v) is 9.69. The van der Waals surface area contributed by atoms with Crippen molar-refractivity contribution in [1.29, 1.82) is 0 Å². The van der Waals surface area contributed by atoms with Crippen molar-refractivity contribution in [2.45, 2.75) is 20.1 Å². The Labute approximate surface area is 248 Å². The zero-order valence-electron chi connectivity index (χ0n) is 22.7. The fourth-order valence-corrected chi connectivity index (χ4v) is 4.49. The molecule has 0 unspecified atom stereocenters. The Balaban J connectivity index is 1.36. The van der Waals surface area contributed by atoms with Gasteiger partial charge in [-0.2, -0.15) is 0 Å².